The molecule has 2 radical (unpaired) electrons. The van der Waals surface area contributed by atoms with Gasteiger partial charge in [-0.2, -0.15) is 0 Å². The Morgan fingerprint density at radius 1 is 1.33 bits per heavy atom. The van der Waals surface area contributed by atoms with Crippen molar-refractivity contribution >= 4 is 19.8 Å². The molecular formula is C13H12BNO3. The van der Waals surface area contributed by atoms with Crippen LogP contribution < -0.4 is 0 Å². The van der Waals surface area contributed by atoms with E-state index in [0.29, 0.717) is 0 Å². The first-order valence-corrected chi connectivity index (χ1v) is 5.99. The molecular weight excluding hydrogens is 229 g/mol. The smallest absolute Gasteiger partial charge is 0.416 e. The third kappa shape index (κ3) is 1.80. The first kappa shape index (κ1) is 11.3. The van der Waals surface area contributed by atoms with Gasteiger partial charge in [0.1, 0.15) is 14.5 Å². The highest BCUT2D eigenvalue weighted by molar-refractivity contribution is 6.16. The van der Waals surface area contributed by atoms with Crippen LogP contribution in [0.2, 0.25) is 0 Å². The van der Waals surface area contributed by atoms with Crippen LogP contribution in [0.15, 0.2) is 30.3 Å². The molecule has 1 aromatic carbocycles. The van der Waals surface area contributed by atoms with Gasteiger partial charge in [0.05, 0.1) is 0 Å². The van der Waals surface area contributed by atoms with Crippen molar-refractivity contribution in [2.75, 3.05) is 6.61 Å². The first-order chi connectivity index (χ1) is 8.68. The van der Waals surface area contributed by atoms with E-state index in [4.69, 9.17) is 12.6 Å². The number of imide groups is 1. The third-order valence-electron chi connectivity index (χ3n) is 3.48. The van der Waals surface area contributed by atoms with Crippen molar-refractivity contribution in [3.8, 4) is 0 Å². The number of carbonyl (C=O) groups excluding carboxylic acids is 2. The molecule has 0 spiro atoms. The van der Waals surface area contributed by atoms with E-state index in [1.807, 2.05) is 30.3 Å². The van der Waals surface area contributed by atoms with Crippen molar-refractivity contribution in [1.29, 1.82) is 0 Å². The number of hydrogen-bond acceptors (Lipinski definition) is 3. The molecule has 2 amide bonds. The number of rotatable bonds is 2. The van der Waals surface area contributed by atoms with Crippen LogP contribution in [-0.4, -0.2) is 37.3 Å². The lowest BCUT2D eigenvalue weighted by atomic mass is 9.96. The molecule has 1 aliphatic carbocycles. The molecule has 0 unspecified atom stereocenters. The van der Waals surface area contributed by atoms with E-state index in [1.165, 1.54) is 0 Å². The highest BCUT2D eigenvalue weighted by Crippen LogP contribution is 2.48. The minimum atomic E-state index is -0.637. The number of nitrogens with zero attached hydrogens (tertiary/aromatic N) is 1. The van der Waals surface area contributed by atoms with Gasteiger partial charge in [0.15, 0.2) is 0 Å². The van der Waals surface area contributed by atoms with Gasteiger partial charge in [-0.05, 0) is 17.9 Å². The summed E-state index contributed by atoms with van der Waals surface area (Å²) in [5.41, 5.74) is 1.14. The van der Waals surface area contributed by atoms with Gasteiger partial charge in [-0.3, -0.25) is 4.79 Å². The molecule has 1 aromatic rings. The number of hydrogen-bond donors (Lipinski definition) is 0. The van der Waals surface area contributed by atoms with E-state index >= 15 is 0 Å². The van der Waals surface area contributed by atoms with Gasteiger partial charge < -0.3 is 4.74 Å². The SMILES string of the molecule is [B][C@H]1COC(=O)N1C(=O)[C@H]1C[C@@H]1c1ccccc1. The summed E-state index contributed by atoms with van der Waals surface area (Å²) >= 11 is 0. The van der Waals surface area contributed by atoms with Crippen molar-refractivity contribution in [2.45, 2.75) is 18.3 Å². The molecule has 1 saturated heterocycles. The Hall–Kier alpha value is -1.78. The summed E-state index contributed by atoms with van der Waals surface area (Å²) in [6, 6.07) is 9.84. The quantitative estimate of drug-likeness (QED) is 0.732. The highest BCUT2D eigenvalue weighted by atomic mass is 16.6. The molecule has 2 aliphatic rings. The minimum absolute atomic E-state index is 0.0906. The average Bonchev–Trinajstić information content (AvgIpc) is 3.11. The monoisotopic (exact) mass is 241 g/mol. The van der Waals surface area contributed by atoms with E-state index in [9.17, 15) is 9.59 Å². The number of carbonyl (C=O) groups is 2. The Labute approximate surface area is 106 Å². The van der Waals surface area contributed by atoms with Crippen molar-refractivity contribution in [1.82, 2.24) is 4.90 Å². The third-order valence-corrected chi connectivity index (χ3v) is 3.48. The largest absolute Gasteiger partial charge is 0.448 e. The molecule has 0 aromatic heterocycles. The lowest BCUT2D eigenvalue weighted by Crippen LogP contribution is -2.40. The summed E-state index contributed by atoms with van der Waals surface area (Å²) in [7, 11) is 5.68. The topological polar surface area (TPSA) is 46.6 Å². The van der Waals surface area contributed by atoms with Crippen molar-refractivity contribution in [3.63, 3.8) is 0 Å². The van der Waals surface area contributed by atoms with E-state index in [-0.39, 0.29) is 24.3 Å². The van der Waals surface area contributed by atoms with Gasteiger partial charge >= 0.3 is 6.09 Å². The molecule has 18 heavy (non-hydrogen) atoms. The molecule has 2 fully saturated rings. The Bertz CT molecular complexity index is 490. The van der Waals surface area contributed by atoms with E-state index < -0.39 is 12.0 Å². The predicted octanol–water partition coefficient (Wildman–Crippen LogP) is 1.26. The summed E-state index contributed by atoms with van der Waals surface area (Å²) in [4.78, 5) is 24.6. The van der Waals surface area contributed by atoms with Crippen LogP contribution in [-0.2, 0) is 9.53 Å². The van der Waals surface area contributed by atoms with Gasteiger partial charge in [-0.15, -0.1) is 0 Å². The molecule has 0 N–H and O–H groups in total. The van der Waals surface area contributed by atoms with Crippen LogP contribution in [0.1, 0.15) is 17.9 Å². The van der Waals surface area contributed by atoms with Gasteiger partial charge in [0, 0.05) is 11.9 Å². The first-order valence-electron chi connectivity index (χ1n) is 5.99. The molecule has 90 valence electrons. The highest BCUT2D eigenvalue weighted by Gasteiger charge is 2.49. The molecule has 0 bridgehead atoms. The lowest BCUT2D eigenvalue weighted by molar-refractivity contribution is -0.129. The zero-order valence-corrected chi connectivity index (χ0v) is 9.78. The molecule has 5 heteroatoms. The summed E-state index contributed by atoms with van der Waals surface area (Å²) in [6.45, 7) is 0.0906. The van der Waals surface area contributed by atoms with Crippen LogP contribution in [0.3, 0.4) is 0 Å². The van der Waals surface area contributed by atoms with Crippen LogP contribution in [0.5, 0.6) is 0 Å². The molecule has 3 rings (SSSR count). The Morgan fingerprint density at radius 3 is 2.67 bits per heavy atom. The lowest BCUT2D eigenvalue weighted by Gasteiger charge is -2.16. The maximum atomic E-state index is 12.2. The fourth-order valence-electron chi connectivity index (χ4n) is 2.40. The molecule has 4 nitrogen and oxygen atoms in total. The minimum Gasteiger partial charge on any atom is -0.448 e. The standard InChI is InChI=1S/C13H12BNO3/c14-11-7-18-13(17)15(11)12(16)10-6-9(10)8-4-2-1-3-5-8/h1-5,9-11H,6-7H2/t9-,10+,11-/m1/s1. The number of benzene rings is 1. The van der Waals surface area contributed by atoms with Crippen molar-refractivity contribution in [3.05, 3.63) is 35.9 Å². The fraction of sp³-hybridized carbons (Fsp3) is 0.385. The Morgan fingerprint density at radius 2 is 2.06 bits per heavy atom. The normalized spacial score (nSPS) is 30.1. The van der Waals surface area contributed by atoms with Gasteiger partial charge in [-0.25, -0.2) is 9.69 Å². The van der Waals surface area contributed by atoms with Crippen LogP contribution in [0.25, 0.3) is 0 Å². The summed E-state index contributed by atoms with van der Waals surface area (Å²) in [5.74, 6) is -0.774. The zero-order valence-electron chi connectivity index (χ0n) is 9.78. The van der Waals surface area contributed by atoms with E-state index in [0.717, 1.165) is 16.9 Å². The van der Waals surface area contributed by atoms with Crippen molar-refractivity contribution in [2.24, 2.45) is 5.92 Å². The van der Waals surface area contributed by atoms with Gasteiger partial charge in [0.25, 0.3) is 0 Å². The van der Waals surface area contributed by atoms with Crippen LogP contribution in [0.4, 0.5) is 4.79 Å². The molecule has 1 saturated carbocycles. The summed E-state index contributed by atoms with van der Waals surface area (Å²) in [5, 5.41) is 0. The van der Waals surface area contributed by atoms with E-state index in [2.05, 4.69) is 0 Å². The predicted molar refractivity (Wildman–Crippen MR) is 65.0 cm³/mol. The number of ether oxygens (including phenoxy) is 1. The van der Waals surface area contributed by atoms with Crippen LogP contribution in [0, 0.1) is 5.92 Å². The number of amides is 2. The van der Waals surface area contributed by atoms with Crippen LogP contribution >= 0.6 is 0 Å². The van der Waals surface area contributed by atoms with Gasteiger partial charge in [0.2, 0.25) is 5.91 Å². The maximum Gasteiger partial charge on any atom is 0.416 e. The second kappa shape index (κ2) is 4.16. The second-order valence-corrected chi connectivity index (χ2v) is 4.71. The number of cyclic esters (lactones) is 1. The Balaban J connectivity index is 1.71. The zero-order chi connectivity index (χ0) is 12.7. The second-order valence-electron chi connectivity index (χ2n) is 4.71. The molecule has 3 atom stereocenters. The molecule has 1 heterocycles. The maximum absolute atomic E-state index is 12.2. The fourth-order valence-corrected chi connectivity index (χ4v) is 2.40. The van der Waals surface area contributed by atoms with Gasteiger partial charge in [-0.1, -0.05) is 30.3 Å². The van der Waals surface area contributed by atoms with E-state index in [1.54, 1.807) is 0 Å². The van der Waals surface area contributed by atoms with Crippen molar-refractivity contribution < 1.29 is 14.3 Å². The molecule has 1 aliphatic heterocycles. The Kier molecular flexibility index (Phi) is 2.61. The average molecular weight is 241 g/mol. The summed E-state index contributed by atoms with van der Waals surface area (Å²) < 4.78 is 4.76. The summed E-state index contributed by atoms with van der Waals surface area (Å²) in [6.07, 6.45) is 0.158.